The maximum Gasteiger partial charge on any atom is 0.191 e. The summed E-state index contributed by atoms with van der Waals surface area (Å²) in [7, 11) is 3.60. The van der Waals surface area contributed by atoms with E-state index >= 15 is 0 Å². The van der Waals surface area contributed by atoms with Gasteiger partial charge in [-0.25, -0.2) is 0 Å². The highest BCUT2D eigenvalue weighted by atomic mass is 16.5. The molecule has 3 rings (SSSR count). The molecule has 0 bridgehead atoms. The van der Waals surface area contributed by atoms with Gasteiger partial charge in [-0.05, 0) is 37.8 Å². The van der Waals surface area contributed by atoms with Crippen molar-refractivity contribution >= 4 is 11.6 Å². The molecule has 0 aliphatic carbocycles. The average molecular weight is 388 g/mol. The van der Waals surface area contributed by atoms with Crippen LogP contribution < -0.4 is 10.6 Å². The van der Waals surface area contributed by atoms with Crippen molar-refractivity contribution in [2.24, 2.45) is 4.99 Å². The van der Waals surface area contributed by atoms with Crippen LogP contribution in [-0.2, 0) is 11.2 Å². The summed E-state index contributed by atoms with van der Waals surface area (Å²) in [5, 5.41) is 15.5. The molecule has 154 valence electrons. The molecular formula is C20H33N7O. The van der Waals surface area contributed by atoms with E-state index in [1.807, 2.05) is 35.8 Å². The first-order valence-corrected chi connectivity index (χ1v) is 10.3. The highest BCUT2D eigenvalue weighted by Gasteiger charge is 2.19. The number of fused-ring (bicyclic) bond motifs is 1. The van der Waals surface area contributed by atoms with Crippen LogP contribution in [0, 0.1) is 0 Å². The highest BCUT2D eigenvalue weighted by Crippen LogP contribution is 2.10. The molecule has 0 atom stereocenters. The van der Waals surface area contributed by atoms with Crippen molar-refractivity contribution in [2.75, 3.05) is 46.9 Å². The number of pyridine rings is 1. The van der Waals surface area contributed by atoms with Crippen molar-refractivity contribution in [3.63, 3.8) is 0 Å². The first-order chi connectivity index (χ1) is 13.8. The Bertz CT molecular complexity index is 737. The number of nitrogens with one attached hydrogen (secondary N) is 2. The first-order valence-electron chi connectivity index (χ1n) is 10.3. The minimum Gasteiger partial charge on any atom is -0.385 e. The standard InChI is InChI=1S/C20H33N7O/c1-21-20(23-17-9-14-26(15-10-17)12-6-16-28-2)22-11-5-8-19-25-24-18-7-3-4-13-27(18)19/h3-4,7,13,17H,5-6,8-12,14-16H2,1-2H3,(H2,21,22,23). The fourth-order valence-corrected chi connectivity index (χ4v) is 3.64. The minimum atomic E-state index is 0.491. The van der Waals surface area contributed by atoms with Gasteiger partial charge >= 0.3 is 0 Å². The van der Waals surface area contributed by atoms with Gasteiger partial charge in [0.15, 0.2) is 11.6 Å². The number of aryl methyl sites for hydroxylation is 1. The van der Waals surface area contributed by atoms with Gasteiger partial charge in [-0.1, -0.05) is 6.07 Å². The molecule has 0 aromatic carbocycles. The third kappa shape index (κ3) is 5.90. The summed E-state index contributed by atoms with van der Waals surface area (Å²) in [5.41, 5.74) is 0.900. The Labute approximate surface area is 167 Å². The van der Waals surface area contributed by atoms with Gasteiger partial charge in [0.1, 0.15) is 5.82 Å². The van der Waals surface area contributed by atoms with Crippen LogP contribution in [0.15, 0.2) is 29.4 Å². The third-order valence-corrected chi connectivity index (χ3v) is 5.23. The van der Waals surface area contributed by atoms with Crippen LogP contribution in [0.5, 0.6) is 0 Å². The third-order valence-electron chi connectivity index (χ3n) is 5.23. The fraction of sp³-hybridized carbons (Fsp3) is 0.650. The normalized spacial score (nSPS) is 16.6. The van der Waals surface area contributed by atoms with Crippen molar-refractivity contribution in [3.8, 4) is 0 Å². The van der Waals surface area contributed by atoms with Crippen molar-refractivity contribution in [2.45, 2.75) is 38.1 Å². The largest absolute Gasteiger partial charge is 0.385 e. The van der Waals surface area contributed by atoms with Crippen LogP contribution in [0.25, 0.3) is 5.65 Å². The lowest BCUT2D eigenvalue weighted by atomic mass is 10.1. The Morgan fingerprint density at radius 1 is 1.25 bits per heavy atom. The van der Waals surface area contributed by atoms with Gasteiger partial charge in [0.25, 0.3) is 0 Å². The van der Waals surface area contributed by atoms with Gasteiger partial charge in [0.2, 0.25) is 0 Å². The smallest absolute Gasteiger partial charge is 0.191 e. The lowest BCUT2D eigenvalue weighted by Crippen LogP contribution is -2.49. The lowest BCUT2D eigenvalue weighted by Gasteiger charge is -2.33. The summed E-state index contributed by atoms with van der Waals surface area (Å²) < 4.78 is 7.19. The van der Waals surface area contributed by atoms with Gasteiger partial charge in [-0.15, -0.1) is 10.2 Å². The molecule has 1 aliphatic heterocycles. The van der Waals surface area contributed by atoms with E-state index in [0.29, 0.717) is 6.04 Å². The van der Waals surface area contributed by atoms with Crippen LogP contribution in [0.2, 0.25) is 0 Å². The van der Waals surface area contributed by atoms with Crippen molar-refractivity contribution in [3.05, 3.63) is 30.2 Å². The van der Waals surface area contributed by atoms with Crippen LogP contribution in [-0.4, -0.2) is 78.4 Å². The molecule has 2 aromatic heterocycles. The first kappa shape index (κ1) is 20.5. The quantitative estimate of drug-likeness (QED) is 0.384. The van der Waals surface area contributed by atoms with Crippen LogP contribution in [0.3, 0.4) is 0 Å². The van der Waals surface area contributed by atoms with E-state index in [2.05, 4.69) is 30.7 Å². The molecule has 0 saturated carbocycles. The topological polar surface area (TPSA) is 79.1 Å². The number of likely N-dealkylation sites (tertiary alicyclic amines) is 1. The molecule has 2 N–H and O–H groups in total. The molecule has 2 aromatic rings. The number of aromatic nitrogens is 3. The van der Waals surface area contributed by atoms with Gasteiger partial charge in [-0.3, -0.25) is 9.39 Å². The number of aliphatic imine (C=N–C) groups is 1. The molecule has 0 amide bonds. The van der Waals surface area contributed by atoms with Crippen LogP contribution in [0.1, 0.15) is 31.5 Å². The number of rotatable bonds is 9. The predicted octanol–water partition coefficient (Wildman–Crippen LogP) is 1.33. The maximum atomic E-state index is 5.14. The number of guanidine groups is 1. The van der Waals surface area contributed by atoms with E-state index in [4.69, 9.17) is 4.74 Å². The summed E-state index contributed by atoms with van der Waals surface area (Å²) in [4.78, 5) is 6.90. The predicted molar refractivity (Wildman–Crippen MR) is 112 cm³/mol. The monoisotopic (exact) mass is 387 g/mol. The number of nitrogens with zero attached hydrogens (tertiary/aromatic N) is 5. The Hall–Kier alpha value is -2.19. The molecule has 8 heteroatoms. The summed E-state index contributed by atoms with van der Waals surface area (Å²) in [6.45, 7) is 5.11. The number of ether oxygens (including phenoxy) is 1. The molecule has 0 spiro atoms. The van der Waals surface area contributed by atoms with E-state index in [-0.39, 0.29) is 0 Å². The van der Waals surface area contributed by atoms with E-state index < -0.39 is 0 Å². The molecular weight excluding hydrogens is 354 g/mol. The average Bonchev–Trinajstić information content (AvgIpc) is 3.15. The lowest BCUT2D eigenvalue weighted by molar-refractivity contribution is 0.155. The van der Waals surface area contributed by atoms with Crippen LogP contribution in [0.4, 0.5) is 0 Å². The summed E-state index contributed by atoms with van der Waals surface area (Å²) in [6, 6.07) is 6.45. The number of hydrogen-bond donors (Lipinski definition) is 2. The minimum absolute atomic E-state index is 0.491. The molecule has 0 unspecified atom stereocenters. The zero-order valence-electron chi connectivity index (χ0n) is 17.1. The van der Waals surface area contributed by atoms with E-state index in [0.717, 1.165) is 82.3 Å². The summed E-state index contributed by atoms with van der Waals surface area (Å²) in [5.74, 6) is 1.89. The maximum absolute atomic E-state index is 5.14. The molecule has 1 fully saturated rings. The summed E-state index contributed by atoms with van der Waals surface area (Å²) in [6.07, 6.45) is 7.29. The zero-order valence-corrected chi connectivity index (χ0v) is 17.1. The number of methoxy groups -OCH3 is 1. The van der Waals surface area contributed by atoms with Gasteiger partial charge in [-0.2, -0.15) is 0 Å². The Kier molecular flexibility index (Phi) is 8.05. The second-order valence-corrected chi connectivity index (χ2v) is 7.25. The van der Waals surface area contributed by atoms with Crippen molar-refractivity contribution < 1.29 is 4.74 Å². The van der Waals surface area contributed by atoms with Gasteiger partial charge in [0.05, 0.1) is 0 Å². The SMILES string of the molecule is CN=C(NCCCc1nnc2ccccn12)NC1CCN(CCCOC)CC1. The van der Waals surface area contributed by atoms with E-state index in [1.165, 1.54) is 0 Å². The van der Waals surface area contributed by atoms with Crippen molar-refractivity contribution in [1.82, 2.24) is 30.1 Å². The number of piperidine rings is 1. The Morgan fingerprint density at radius 3 is 2.89 bits per heavy atom. The molecule has 1 saturated heterocycles. The van der Waals surface area contributed by atoms with Crippen molar-refractivity contribution in [1.29, 1.82) is 0 Å². The molecule has 1 aliphatic rings. The van der Waals surface area contributed by atoms with E-state index in [1.54, 1.807) is 7.11 Å². The van der Waals surface area contributed by atoms with E-state index in [9.17, 15) is 0 Å². The van der Waals surface area contributed by atoms with Gasteiger partial charge < -0.3 is 20.3 Å². The second kappa shape index (κ2) is 11.0. The van der Waals surface area contributed by atoms with Gasteiger partial charge in [0, 0.05) is 65.6 Å². The summed E-state index contributed by atoms with van der Waals surface area (Å²) >= 11 is 0. The molecule has 28 heavy (non-hydrogen) atoms. The fourth-order valence-electron chi connectivity index (χ4n) is 3.64. The molecule has 3 heterocycles. The highest BCUT2D eigenvalue weighted by molar-refractivity contribution is 5.79. The Morgan fingerprint density at radius 2 is 2.11 bits per heavy atom. The molecule has 0 radical (unpaired) electrons. The Balaban J connectivity index is 1.34. The molecule has 8 nitrogen and oxygen atoms in total. The second-order valence-electron chi connectivity index (χ2n) is 7.25. The van der Waals surface area contributed by atoms with Crippen LogP contribution >= 0.6 is 0 Å². The zero-order chi connectivity index (χ0) is 19.6. The number of hydrogen-bond acceptors (Lipinski definition) is 5.